The number of hydrogen-bond acceptors (Lipinski definition) is 5. The van der Waals surface area contributed by atoms with E-state index in [1.165, 1.54) is 18.0 Å². The average molecular weight is 329 g/mol. The van der Waals surface area contributed by atoms with Crippen LogP contribution in [-0.4, -0.2) is 27.7 Å². The Balaban J connectivity index is 1.91. The zero-order valence-electron chi connectivity index (χ0n) is 13.4. The Morgan fingerprint density at radius 3 is 3.08 bits per heavy atom. The molecule has 2 aromatic rings. The molecule has 3 rings (SSSR count). The molecule has 7 heteroatoms. The summed E-state index contributed by atoms with van der Waals surface area (Å²) in [5, 5.41) is 12.1. The lowest BCUT2D eigenvalue weighted by atomic mass is 9.87. The van der Waals surface area contributed by atoms with Crippen molar-refractivity contribution in [2.24, 2.45) is 0 Å². The third kappa shape index (κ3) is 3.24. The zero-order chi connectivity index (χ0) is 17.1. The van der Waals surface area contributed by atoms with E-state index in [0.717, 1.165) is 35.1 Å². The maximum absolute atomic E-state index is 12.4. The van der Waals surface area contributed by atoms with Gasteiger partial charge in [0.25, 0.3) is 5.56 Å². The van der Waals surface area contributed by atoms with Crippen LogP contribution in [0, 0.1) is 0 Å². The minimum atomic E-state index is -1.07. The highest BCUT2D eigenvalue weighted by atomic mass is 16.5. The van der Waals surface area contributed by atoms with E-state index >= 15 is 0 Å². The lowest BCUT2D eigenvalue weighted by molar-refractivity contribution is -0.137. The molecule has 1 aliphatic carbocycles. The molecule has 0 unspecified atom stereocenters. The number of methoxy groups -OCH3 is 1. The number of anilines is 1. The molecule has 1 aliphatic rings. The lowest BCUT2D eigenvalue weighted by Crippen LogP contribution is -2.29. The summed E-state index contributed by atoms with van der Waals surface area (Å²) in [4.78, 5) is 27.3. The van der Waals surface area contributed by atoms with Gasteiger partial charge < -0.3 is 15.2 Å². The van der Waals surface area contributed by atoms with E-state index in [2.05, 4.69) is 10.3 Å². The molecular formula is C17H19N3O4. The van der Waals surface area contributed by atoms with E-state index in [9.17, 15) is 9.59 Å². The van der Waals surface area contributed by atoms with Gasteiger partial charge in [0.1, 0.15) is 12.3 Å². The molecule has 0 radical (unpaired) electrons. The lowest BCUT2D eigenvalue weighted by Gasteiger charge is -2.27. The largest absolute Gasteiger partial charge is 0.497 e. The van der Waals surface area contributed by atoms with Crippen LogP contribution >= 0.6 is 0 Å². The van der Waals surface area contributed by atoms with Gasteiger partial charge in [-0.05, 0) is 42.5 Å². The molecule has 1 aromatic heterocycles. The van der Waals surface area contributed by atoms with Crippen molar-refractivity contribution in [1.82, 2.24) is 9.55 Å². The van der Waals surface area contributed by atoms with E-state index in [0.29, 0.717) is 0 Å². The van der Waals surface area contributed by atoms with E-state index in [1.807, 2.05) is 18.2 Å². The van der Waals surface area contributed by atoms with Crippen LogP contribution in [0.1, 0.15) is 30.0 Å². The highest BCUT2D eigenvalue weighted by Gasteiger charge is 2.22. The smallest absolute Gasteiger partial charge is 0.323 e. The number of rotatable bonds is 5. The zero-order valence-corrected chi connectivity index (χ0v) is 13.4. The van der Waals surface area contributed by atoms with Gasteiger partial charge in [0, 0.05) is 12.4 Å². The first-order valence-corrected chi connectivity index (χ1v) is 7.79. The summed E-state index contributed by atoms with van der Waals surface area (Å²) in [6, 6.07) is 5.90. The van der Waals surface area contributed by atoms with Crippen LogP contribution in [0.5, 0.6) is 5.75 Å². The van der Waals surface area contributed by atoms with Gasteiger partial charge in [-0.3, -0.25) is 14.2 Å². The summed E-state index contributed by atoms with van der Waals surface area (Å²) in [6.07, 6.45) is 5.67. The Morgan fingerprint density at radius 1 is 1.50 bits per heavy atom. The number of ether oxygens (including phenoxy) is 1. The second kappa shape index (κ2) is 6.74. The first kappa shape index (κ1) is 16.0. The topological polar surface area (TPSA) is 93.4 Å². The van der Waals surface area contributed by atoms with Gasteiger partial charge in [0.05, 0.1) is 13.2 Å². The Bertz CT molecular complexity index is 816. The van der Waals surface area contributed by atoms with E-state index < -0.39 is 11.5 Å². The number of carboxylic acid groups (broad SMARTS) is 1. The molecule has 1 atom stereocenters. The number of aliphatic carboxylic acids is 1. The predicted octanol–water partition coefficient (Wildman–Crippen LogP) is 1.83. The number of carbonyl (C=O) groups is 1. The number of hydrogen-bond donors (Lipinski definition) is 2. The SMILES string of the molecule is COc1ccc2c(c1)[C@H](Nc1nccn(CC(=O)O)c1=O)CCC2. The minimum absolute atomic E-state index is 0.0512. The quantitative estimate of drug-likeness (QED) is 0.869. The molecule has 0 amide bonds. The van der Waals surface area contributed by atoms with Gasteiger partial charge in [-0.25, -0.2) is 4.98 Å². The fourth-order valence-electron chi connectivity index (χ4n) is 3.04. The Morgan fingerprint density at radius 2 is 2.33 bits per heavy atom. The fourth-order valence-corrected chi connectivity index (χ4v) is 3.04. The molecule has 7 nitrogen and oxygen atoms in total. The molecule has 0 fully saturated rings. The van der Waals surface area contributed by atoms with Crippen LogP contribution in [0.4, 0.5) is 5.82 Å². The van der Waals surface area contributed by atoms with E-state index in [4.69, 9.17) is 9.84 Å². The molecule has 1 aromatic carbocycles. The summed E-state index contributed by atoms with van der Waals surface area (Å²) in [5.74, 6) is -0.131. The number of nitrogens with one attached hydrogen (secondary N) is 1. The van der Waals surface area contributed by atoms with Crippen molar-refractivity contribution < 1.29 is 14.6 Å². The molecule has 0 saturated heterocycles. The van der Waals surface area contributed by atoms with Gasteiger partial charge in [-0.1, -0.05) is 6.07 Å². The van der Waals surface area contributed by atoms with Crippen molar-refractivity contribution >= 4 is 11.8 Å². The minimum Gasteiger partial charge on any atom is -0.497 e. The van der Waals surface area contributed by atoms with Crippen LogP contribution < -0.4 is 15.6 Å². The molecule has 0 saturated carbocycles. The van der Waals surface area contributed by atoms with Gasteiger partial charge in [0.15, 0.2) is 5.82 Å². The molecule has 2 N–H and O–H groups in total. The van der Waals surface area contributed by atoms with E-state index in [-0.39, 0.29) is 18.4 Å². The maximum Gasteiger partial charge on any atom is 0.323 e. The molecule has 0 aliphatic heterocycles. The summed E-state index contributed by atoms with van der Waals surface area (Å²) in [5.41, 5.74) is 1.88. The van der Waals surface area contributed by atoms with Gasteiger partial charge >= 0.3 is 5.97 Å². The van der Waals surface area contributed by atoms with Crippen LogP contribution in [0.3, 0.4) is 0 Å². The maximum atomic E-state index is 12.4. The Labute approximate surface area is 138 Å². The van der Waals surface area contributed by atoms with Crippen molar-refractivity contribution in [3.63, 3.8) is 0 Å². The highest BCUT2D eigenvalue weighted by Crippen LogP contribution is 2.33. The third-order valence-electron chi connectivity index (χ3n) is 4.20. The summed E-state index contributed by atoms with van der Waals surface area (Å²) in [7, 11) is 1.62. The number of fused-ring (bicyclic) bond motifs is 1. The van der Waals surface area contributed by atoms with Gasteiger partial charge in [-0.15, -0.1) is 0 Å². The van der Waals surface area contributed by atoms with Crippen LogP contribution in [0.15, 0.2) is 35.4 Å². The summed E-state index contributed by atoms with van der Waals surface area (Å²) >= 11 is 0. The monoisotopic (exact) mass is 329 g/mol. The average Bonchev–Trinajstić information content (AvgIpc) is 2.58. The molecule has 0 bridgehead atoms. The molecule has 126 valence electrons. The first-order chi connectivity index (χ1) is 11.6. The standard InChI is InChI=1S/C17H19N3O4/c1-24-12-6-5-11-3-2-4-14(13(11)9-12)19-16-17(23)20(8-7-18-16)10-15(21)22/h5-9,14H,2-4,10H2,1H3,(H,18,19)(H,21,22)/t14-/m1/s1. The predicted molar refractivity (Wildman–Crippen MR) is 88.4 cm³/mol. The number of aryl methyl sites for hydroxylation is 1. The van der Waals surface area contributed by atoms with Gasteiger partial charge in [0.2, 0.25) is 0 Å². The van der Waals surface area contributed by atoms with E-state index in [1.54, 1.807) is 7.11 Å². The molecule has 1 heterocycles. The van der Waals surface area contributed by atoms with Crippen molar-refractivity contribution in [2.45, 2.75) is 31.8 Å². The molecule has 24 heavy (non-hydrogen) atoms. The first-order valence-electron chi connectivity index (χ1n) is 7.79. The normalized spacial score (nSPS) is 16.3. The van der Waals surface area contributed by atoms with Crippen LogP contribution in [0.2, 0.25) is 0 Å². The van der Waals surface area contributed by atoms with Crippen LogP contribution in [-0.2, 0) is 17.8 Å². The second-order valence-electron chi connectivity index (χ2n) is 5.76. The Kier molecular flexibility index (Phi) is 4.50. The van der Waals surface area contributed by atoms with Crippen LogP contribution in [0.25, 0.3) is 0 Å². The van der Waals surface area contributed by atoms with Crippen molar-refractivity contribution in [1.29, 1.82) is 0 Å². The van der Waals surface area contributed by atoms with Gasteiger partial charge in [-0.2, -0.15) is 0 Å². The number of carboxylic acids is 1. The number of benzene rings is 1. The number of nitrogens with zero attached hydrogens (tertiary/aromatic N) is 2. The third-order valence-corrected chi connectivity index (χ3v) is 4.20. The van der Waals surface area contributed by atoms with Crippen molar-refractivity contribution in [3.8, 4) is 5.75 Å². The molecule has 0 spiro atoms. The number of aromatic nitrogens is 2. The highest BCUT2D eigenvalue weighted by molar-refractivity contribution is 5.66. The van der Waals surface area contributed by atoms with Crippen molar-refractivity contribution in [2.75, 3.05) is 12.4 Å². The Hall–Kier alpha value is -2.83. The summed E-state index contributed by atoms with van der Waals surface area (Å²) in [6.45, 7) is -0.384. The fraction of sp³-hybridized carbons (Fsp3) is 0.353. The van der Waals surface area contributed by atoms with Crippen molar-refractivity contribution in [3.05, 3.63) is 52.1 Å². The summed E-state index contributed by atoms with van der Waals surface area (Å²) < 4.78 is 6.42. The molecular weight excluding hydrogens is 310 g/mol. The second-order valence-corrected chi connectivity index (χ2v) is 5.76.